The quantitative estimate of drug-likeness (QED) is 0.607. The topological polar surface area (TPSA) is 44.0 Å². The van der Waals surface area contributed by atoms with E-state index in [0.29, 0.717) is 12.5 Å². The third-order valence-corrected chi connectivity index (χ3v) is 3.40. The van der Waals surface area contributed by atoms with Crippen molar-refractivity contribution in [1.82, 2.24) is 9.13 Å². The molecular weight excluding hydrogens is 260 g/mol. The summed E-state index contributed by atoms with van der Waals surface area (Å²) in [6.45, 7) is 2.66. The molecule has 1 heterocycles. The highest BCUT2D eigenvalue weighted by Crippen LogP contribution is 2.07. The van der Waals surface area contributed by atoms with Gasteiger partial charge in [-0.15, -0.1) is 0 Å². The standard InChI is InChI=1S/C10H15BrN2O2/c1-3-8(6-11)7-13-5-4-12(2)9(14)10(13)15/h4-5,8H,3,6-7H2,1-2H3. The molecule has 15 heavy (non-hydrogen) atoms. The summed E-state index contributed by atoms with van der Waals surface area (Å²) in [4.78, 5) is 22.9. The Balaban J connectivity index is 3.02. The van der Waals surface area contributed by atoms with Gasteiger partial charge in [0.1, 0.15) is 0 Å². The van der Waals surface area contributed by atoms with Crippen molar-refractivity contribution in [3.05, 3.63) is 33.1 Å². The summed E-state index contributed by atoms with van der Waals surface area (Å²) in [5, 5.41) is 0.838. The molecule has 0 aliphatic carbocycles. The molecule has 0 saturated carbocycles. The van der Waals surface area contributed by atoms with E-state index < -0.39 is 11.1 Å². The van der Waals surface area contributed by atoms with Gasteiger partial charge in [-0.2, -0.15) is 0 Å². The number of aryl methyl sites for hydroxylation is 1. The molecule has 0 bridgehead atoms. The van der Waals surface area contributed by atoms with Crippen LogP contribution in [0.3, 0.4) is 0 Å². The van der Waals surface area contributed by atoms with Gasteiger partial charge in [0.15, 0.2) is 0 Å². The summed E-state index contributed by atoms with van der Waals surface area (Å²) in [7, 11) is 1.58. The van der Waals surface area contributed by atoms with E-state index in [-0.39, 0.29) is 0 Å². The second-order valence-corrected chi connectivity index (χ2v) is 4.25. The fraction of sp³-hybridized carbons (Fsp3) is 0.600. The molecule has 0 aliphatic heterocycles. The maximum absolute atomic E-state index is 11.6. The highest BCUT2D eigenvalue weighted by Gasteiger charge is 2.08. The molecule has 0 aliphatic rings. The Morgan fingerprint density at radius 1 is 1.33 bits per heavy atom. The molecule has 0 aromatic carbocycles. The first-order chi connectivity index (χ1) is 7.10. The summed E-state index contributed by atoms with van der Waals surface area (Å²) in [5.41, 5.74) is -0.915. The van der Waals surface area contributed by atoms with Crippen molar-refractivity contribution in [3.63, 3.8) is 0 Å². The van der Waals surface area contributed by atoms with E-state index in [9.17, 15) is 9.59 Å². The van der Waals surface area contributed by atoms with Gasteiger partial charge in [0.2, 0.25) is 0 Å². The van der Waals surface area contributed by atoms with Crippen LogP contribution in [0.2, 0.25) is 0 Å². The Kier molecular flexibility index (Phi) is 4.32. The second kappa shape index (κ2) is 5.30. The molecule has 0 N–H and O–H groups in total. The van der Waals surface area contributed by atoms with E-state index >= 15 is 0 Å². The fourth-order valence-electron chi connectivity index (χ4n) is 1.30. The van der Waals surface area contributed by atoms with Crippen molar-refractivity contribution in [1.29, 1.82) is 0 Å². The summed E-state index contributed by atoms with van der Waals surface area (Å²) in [6, 6.07) is 0. The second-order valence-electron chi connectivity index (χ2n) is 3.60. The first-order valence-corrected chi connectivity index (χ1v) is 6.04. The Hall–Kier alpha value is -0.840. The van der Waals surface area contributed by atoms with E-state index in [0.717, 1.165) is 11.8 Å². The third-order valence-electron chi connectivity index (χ3n) is 2.48. The third kappa shape index (κ3) is 2.81. The zero-order valence-corrected chi connectivity index (χ0v) is 10.5. The molecular formula is C10H15BrN2O2. The largest absolute Gasteiger partial charge is 0.316 e. The first-order valence-electron chi connectivity index (χ1n) is 4.92. The summed E-state index contributed by atoms with van der Waals surface area (Å²) in [5.74, 6) is 0.384. The summed E-state index contributed by atoms with van der Waals surface area (Å²) >= 11 is 3.39. The maximum atomic E-state index is 11.6. The molecule has 1 rings (SSSR count). The number of nitrogens with zero attached hydrogens (tertiary/aromatic N) is 2. The molecule has 1 aromatic heterocycles. The fourth-order valence-corrected chi connectivity index (χ4v) is 1.96. The van der Waals surface area contributed by atoms with Gasteiger partial charge in [-0.1, -0.05) is 29.3 Å². The van der Waals surface area contributed by atoms with Crippen molar-refractivity contribution < 1.29 is 0 Å². The van der Waals surface area contributed by atoms with Gasteiger partial charge in [0, 0.05) is 31.3 Å². The lowest BCUT2D eigenvalue weighted by atomic mass is 10.1. The van der Waals surface area contributed by atoms with Crippen LogP contribution in [-0.4, -0.2) is 14.5 Å². The van der Waals surface area contributed by atoms with Crippen LogP contribution in [0.25, 0.3) is 0 Å². The molecule has 1 atom stereocenters. The Labute approximate surface area is 96.7 Å². The van der Waals surface area contributed by atoms with Gasteiger partial charge in [0.25, 0.3) is 0 Å². The highest BCUT2D eigenvalue weighted by atomic mass is 79.9. The lowest BCUT2D eigenvalue weighted by Crippen LogP contribution is -2.40. The minimum atomic E-state index is -0.470. The number of halogens is 1. The predicted molar refractivity (Wildman–Crippen MR) is 63.5 cm³/mol. The van der Waals surface area contributed by atoms with Crippen molar-refractivity contribution in [2.75, 3.05) is 5.33 Å². The zero-order chi connectivity index (χ0) is 11.4. The van der Waals surface area contributed by atoms with Crippen LogP contribution >= 0.6 is 15.9 Å². The van der Waals surface area contributed by atoms with Gasteiger partial charge in [-0.25, -0.2) is 0 Å². The SMILES string of the molecule is CCC(CBr)Cn1ccn(C)c(=O)c1=O. The predicted octanol–water partition coefficient (Wildman–Crippen LogP) is 0.968. The lowest BCUT2D eigenvalue weighted by molar-refractivity contribution is 0.463. The number of hydrogen-bond donors (Lipinski definition) is 0. The average molecular weight is 275 g/mol. The van der Waals surface area contributed by atoms with Crippen LogP contribution in [-0.2, 0) is 13.6 Å². The number of alkyl halides is 1. The highest BCUT2D eigenvalue weighted by molar-refractivity contribution is 9.09. The van der Waals surface area contributed by atoms with Crippen LogP contribution in [0, 0.1) is 5.92 Å². The number of rotatable bonds is 4. The van der Waals surface area contributed by atoms with E-state index in [1.165, 1.54) is 9.13 Å². The summed E-state index contributed by atoms with van der Waals surface area (Å²) < 4.78 is 2.78. The van der Waals surface area contributed by atoms with Gasteiger partial charge >= 0.3 is 11.1 Å². The molecule has 0 saturated heterocycles. The van der Waals surface area contributed by atoms with E-state index in [1.54, 1.807) is 19.4 Å². The molecule has 0 spiro atoms. The van der Waals surface area contributed by atoms with Crippen LogP contribution in [0.1, 0.15) is 13.3 Å². The minimum Gasteiger partial charge on any atom is -0.312 e. The molecule has 1 unspecified atom stereocenters. The molecule has 0 radical (unpaired) electrons. The van der Waals surface area contributed by atoms with Crippen molar-refractivity contribution >= 4 is 15.9 Å². The molecule has 84 valence electrons. The Bertz CT molecular complexity index is 432. The van der Waals surface area contributed by atoms with Crippen LogP contribution in [0.5, 0.6) is 0 Å². The molecule has 4 nitrogen and oxygen atoms in total. The van der Waals surface area contributed by atoms with Crippen LogP contribution in [0.15, 0.2) is 22.0 Å². The molecule has 5 heteroatoms. The van der Waals surface area contributed by atoms with Gasteiger partial charge in [-0.05, 0) is 5.92 Å². The molecule has 1 aromatic rings. The van der Waals surface area contributed by atoms with Crippen molar-refractivity contribution in [2.24, 2.45) is 13.0 Å². The van der Waals surface area contributed by atoms with E-state index in [2.05, 4.69) is 22.9 Å². The maximum Gasteiger partial charge on any atom is 0.316 e. The Morgan fingerprint density at radius 2 is 2.00 bits per heavy atom. The Morgan fingerprint density at radius 3 is 2.53 bits per heavy atom. The first kappa shape index (κ1) is 12.2. The van der Waals surface area contributed by atoms with E-state index in [1.807, 2.05) is 0 Å². The number of aromatic nitrogens is 2. The minimum absolute atomic E-state index is 0.384. The molecule has 0 fully saturated rings. The summed E-state index contributed by atoms with van der Waals surface area (Å²) in [6.07, 6.45) is 4.26. The lowest BCUT2D eigenvalue weighted by Gasteiger charge is -2.13. The monoisotopic (exact) mass is 274 g/mol. The smallest absolute Gasteiger partial charge is 0.312 e. The van der Waals surface area contributed by atoms with Crippen molar-refractivity contribution in [2.45, 2.75) is 19.9 Å². The number of hydrogen-bond acceptors (Lipinski definition) is 2. The zero-order valence-electron chi connectivity index (χ0n) is 8.94. The van der Waals surface area contributed by atoms with Gasteiger partial charge in [-0.3, -0.25) is 9.59 Å². The molecule has 0 amide bonds. The van der Waals surface area contributed by atoms with Crippen LogP contribution in [0.4, 0.5) is 0 Å². The van der Waals surface area contributed by atoms with Gasteiger partial charge in [0.05, 0.1) is 0 Å². The normalized spacial score (nSPS) is 12.7. The average Bonchev–Trinajstić information content (AvgIpc) is 2.25. The van der Waals surface area contributed by atoms with E-state index in [4.69, 9.17) is 0 Å². The van der Waals surface area contributed by atoms with Crippen molar-refractivity contribution in [3.8, 4) is 0 Å². The van der Waals surface area contributed by atoms with Gasteiger partial charge < -0.3 is 9.13 Å². The van der Waals surface area contributed by atoms with Crippen LogP contribution < -0.4 is 11.1 Å².